The molecule has 5 rings (SSSR count). The Morgan fingerprint density at radius 3 is 2.58 bits per heavy atom. The smallest absolute Gasteiger partial charge is 0.326 e. The van der Waals surface area contributed by atoms with Gasteiger partial charge in [-0.05, 0) is 62.6 Å². The second-order valence-electron chi connectivity index (χ2n) is 10.3. The molecule has 0 saturated carbocycles. The Kier molecular flexibility index (Phi) is 7.66. The number of hydrogen-bond donors (Lipinski definition) is 4. The Bertz CT molecular complexity index is 1530. The summed E-state index contributed by atoms with van der Waals surface area (Å²) < 4.78 is 15.4. The number of imidazole rings is 1. The average Bonchev–Trinajstić information content (AvgIpc) is 3.41. The second-order valence-corrected chi connectivity index (χ2v) is 10.3. The molecule has 1 aliphatic rings. The number of nitrogens with one attached hydrogen (secondary N) is 3. The number of carbonyl (C=O) groups is 2. The van der Waals surface area contributed by atoms with Crippen molar-refractivity contribution in [3.8, 4) is 0 Å². The number of benzene rings is 2. The van der Waals surface area contributed by atoms with Crippen molar-refractivity contribution in [3.63, 3.8) is 0 Å². The van der Waals surface area contributed by atoms with Crippen LogP contribution in [0.5, 0.6) is 0 Å². The first kappa shape index (κ1) is 27.4. The highest BCUT2D eigenvalue weighted by Crippen LogP contribution is 2.26. The Labute approximate surface area is 225 Å². The summed E-state index contributed by atoms with van der Waals surface area (Å²) in [6, 6.07) is 11.1. The van der Waals surface area contributed by atoms with Gasteiger partial charge in [0.05, 0.1) is 16.6 Å². The van der Waals surface area contributed by atoms with E-state index in [0.29, 0.717) is 31.4 Å². The van der Waals surface area contributed by atoms with Gasteiger partial charge in [-0.3, -0.25) is 14.2 Å². The minimum absolute atomic E-state index is 0. The Hall–Kier alpha value is -3.63. The SMILES string of the molecule is CC(C)(N)C(=O)NC(Cc1c[nH]c2cc(F)ccc12)C(=O)N1CCC(n2c(=O)[nH]c3ccccc32)CC1.Cl. The number of H-pyrrole nitrogens is 2. The molecule has 2 aromatic carbocycles. The van der Waals surface area contributed by atoms with E-state index in [4.69, 9.17) is 5.73 Å². The molecule has 2 amide bonds. The summed E-state index contributed by atoms with van der Waals surface area (Å²) in [5.74, 6) is -1.00. The van der Waals surface area contributed by atoms with Crippen molar-refractivity contribution in [2.75, 3.05) is 13.1 Å². The third-order valence-electron chi connectivity index (χ3n) is 7.11. The van der Waals surface area contributed by atoms with Crippen molar-refractivity contribution >= 4 is 46.2 Å². The van der Waals surface area contributed by atoms with Crippen LogP contribution in [0.2, 0.25) is 0 Å². The predicted octanol–water partition coefficient (Wildman–Crippen LogP) is 3.00. The van der Waals surface area contributed by atoms with Gasteiger partial charge >= 0.3 is 5.69 Å². The first-order valence-electron chi connectivity index (χ1n) is 12.4. The zero-order valence-corrected chi connectivity index (χ0v) is 22.1. The molecule has 1 saturated heterocycles. The molecule has 2 aromatic heterocycles. The number of fused-ring (bicyclic) bond motifs is 2. The second kappa shape index (κ2) is 10.6. The van der Waals surface area contributed by atoms with E-state index in [-0.39, 0.29) is 42.3 Å². The van der Waals surface area contributed by atoms with Crippen LogP contribution in [0.25, 0.3) is 21.9 Å². The molecule has 0 radical (unpaired) electrons. The maximum atomic E-state index is 13.7. The van der Waals surface area contributed by atoms with Crippen molar-refractivity contribution in [1.29, 1.82) is 0 Å². The number of hydrogen-bond acceptors (Lipinski definition) is 4. The summed E-state index contributed by atoms with van der Waals surface area (Å²) in [5, 5.41) is 3.63. The standard InChI is InChI=1S/C27H31FN6O3.ClH/c1-27(2,29)25(36)31-22(13-16-15-30-21-14-17(28)7-8-19(16)21)24(35)33-11-9-18(10-12-33)34-23-6-4-3-5-20(23)32-26(34)37;/h3-8,14-15,18,22,30H,9-13,29H2,1-2H3,(H,31,36)(H,32,37);1H. The number of aromatic nitrogens is 3. The molecule has 1 aliphatic heterocycles. The molecular formula is C27H32ClFN6O3. The van der Waals surface area contributed by atoms with Gasteiger partial charge in [0.25, 0.3) is 0 Å². The van der Waals surface area contributed by atoms with Gasteiger partial charge in [-0.2, -0.15) is 0 Å². The number of likely N-dealkylation sites (tertiary alicyclic amines) is 1. The summed E-state index contributed by atoms with van der Waals surface area (Å²) in [4.78, 5) is 46.7. The van der Waals surface area contributed by atoms with Gasteiger partial charge in [0.2, 0.25) is 11.8 Å². The summed E-state index contributed by atoms with van der Waals surface area (Å²) >= 11 is 0. The van der Waals surface area contributed by atoms with Crippen molar-refractivity contribution in [1.82, 2.24) is 24.8 Å². The number of amides is 2. The lowest BCUT2D eigenvalue weighted by molar-refractivity contribution is -0.138. The molecule has 5 N–H and O–H groups in total. The molecule has 11 heteroatoms. The normalized spacial score (nSPS) is 15.4. The summed E-state index contributed by atoms with van der Waals surface area (Å²) in [6.07, 6.45) is 3.19. The molecular weight excluding hydrogens is 511 g/mol. The van der Waals surface area contributed by atoms with Crippen LogP contribution in [0.15, 0.2) is 53.5 Å². The first-order chi connectivity index (χ1) is 17.6. The van der Waals surface area contributed by atoms with E-state index in [9.17, 15) is 18.8 Å². The molecule has 3 heterocycles. The van der Waals surface area contributed by atoms with Gasteiger partial charge in [-0.15, -0.1) is 12.4 Å². The van der Waals surface area contributed by atoms with Gasteiger partial charge in [-0.1, -0.05) is 12.1 Å². The summed E-state index contributed by atoms with van der Waals surface area (Å²) in [5.41, 5.74) is 7.74. The number of halogens is 2. The molecule has 0 bridgehead atoms. The van der Waals surface area contributed by atoms with E-state index in [1.807, 2.05) is 24.3 Å². The molecule has 4 aromatic rings. The minimum Gasteiger partial charge on any atom is -0.361 e. The van der Waals surface area contributed by atoms with Gasteiger partial charge in [-0.25, -0.2) is 9.18 Å². The molecule has 38 heavy (non-hydrogen) atoms. The number of rotatable bonds is 6. The third-order valence-corrected chi connectivity index (χ3v) is 7.11. The van der Waals surface area contributed by atoms with Gasteiger partial charge in [0, 0.05) is 42.7 Å². The maximum Gasteiger partial charge on any atom is 0.326 e. The van der Waals surface area contributed by atoms with Crippen LogP contribution in [0.1, 0.15) is 38.3 Å². The predicted molar refractivity (Wildman–Crippen MR) is 147 cm³/mol. The van der Waals surface area contributed by atoms with Crippen molar-refractivity contribution in [2.45, 2.75) is 50.7 Å². The maximum absolute atomic E-state index is 13.7. The van der Waals surface area contributed by atoms with Crippen LogP contribution in [-0.4, -0.2) is 55.9 Å². The molecule has 0 aliphatic carbocycles. The van der Waals surface area contributed by atoms with Crippen LogP contribution in [-0.2, 0) is 16.0 Å². The van der Waals surface area contributed by atoms with Gasteiger partial charge in [0.15, 0.2) is 0 Å². The monoisotopic (exact) mass is 542 g/mol. The molecule has 1 unspecified atom stereocenters. The summed E-state index contributed by atoms with van der Waals surface area (Å²) in [7, 11) is 0. The molecule has 9 nitrogen and oxygen atoms in total. The van der Waals surface area contributed by atoms with Crippen molar-refractivity contribution < 1.29 is 14.0 Å². The lowest BCUT2D eigenvalue weighted by Crippen LogP contribution is -2.57. The Morgan fingerprint density at radius 2 is 1.87 bits per heavy atom. The number of carbonyl (C=O) groups excluding carboxylic acids is 2. The van der Waals surface area contributed by atoms with E-state index in [1.54, 1.807) is 35.6 Å². The molecule has 202 valence electrons. The van der Waals surface area contributed by atoms with Crippen LogP contribution in [0, 0.1) is 5.82 Å². The van der Waals surface area contributed by atoms with Crippen molar-refractivity contribution in [3.05, 3.63) is 70.5 Å². The van der Waals surface area contributed by atoms with Crippen LogP contribution < -0.4 is 16.7 Å². The molecule has 1 fully saturated rings. The van der Waals surface area contributed by atoms with E-state index >= 15 is 0 Å². The largest absolute Gasteiger partial charge is 0.361 e. The van der Waals surface area contributed by atoms with Crippen LogP contribution in [0.4, 0.5) is 4.39 Å². The lowest BCUT2D eigenvalue weighted by Gasteiger charge is -2.35. The third kappa shape index (κ3) is 5.32. The lowest BCUT2D eigenvalue weighted by atomic mass is 9.99. The number of piperidine rings is 1. The van der Waals surface area contributed by atoms with Gasteiger partial charge < -0.3 is 25.9 Å². The fraction of sp³-hybridized carbons (Fsp3) is 0.370. The van der Waals surface area contributed by atoms with Crippen LogP contribution in [0.3, 0.4) is 0 Å². The topological polar surface area (TPSA) is 129 Å². The van der Waals surface area contributed by atoms with E-state index in [2.05, 4.69) is 15.3 Å². The highest BCUT2D eigenvalue weighted by Gasteiger charge is 2.33. The average molecular weight is 543 g/mol. The fourth-order valence-corrected chi connectivity index (χ4v) is 5.09. The quantitative estimate of drug-likeness (QED) is 0.298. The van der Waals surface area contributed by atoms with Crippen LogP contribution >= 0.6 is 12.4 Å². The Morgan fingerprint density at radius 1 is 1.16 bits per heavy atom. The zero-order chi connectivity index (χ0) is 26.3. The minimum atomic E-state index is -1.16. The highest BCUT2D eigenvalue weighted by atomic mass is 35.5. The van der Waals surface area contributed by atoms with E-state index in [0.717, 1.165) is 22.0 Å². The number of nitrogens with zero attached hydrogens (tertiary/aromatic N) is 2. The number of para-hydroxylation sites is 2. The molecule has 0 spiro atoms. The van der Waals surface area contributed by atoms with Gasteiger partial charge in [0.1, 0.15) is 11.9 Å². The Balaban J connectivity index is 0.00000336. The summed E-state index contributed by atoms with van der Waals surface area (Å²) in [6.45, 7) is 4.07. The highest BCUT2D eigenvalue weighted by molar-refractivity contribution is 5.92. The van der Waals surface area contributed by atoms with E-state index in [1.165, 1.54) is 12.1 Å². The molecule has 1 atom stereocenters. The van der Waals surface area contributed by atoms with Crippen molar-refractivity contribution in [2.24, 2.45) is 5.73 Å². The fourth-order valence-electron chi connectivity index (χ4n) is 5.09. The number of aromatic amines is 2. The first-order valence-corrected chi connectivity index (χ1v) is 12.4. The zero-order valence-electron chi connectivity index (χ0n) is 21.3. The number of nitrogens with two attached hydrogens (primary N) is 1. The van der Waals surface area contributed by atoms with E-state index < -0.39 is 17.5 Å².